The van der Waals surface area contributed by atoms with Gasteiger partial charge in [-0.25, -0.2) is 8.78 Å². The molecule has 0 spiro atoms. The first-order valence-corrected chi connectivity index (χ1v) is 6.10. The lowest BCUT2D eigenvalue weighted by molar-refractivity contribution is 0.346. The van der Waals surface area contributed by atoms with Gasteiger partial charge in [0.05, 0.1) is 0 Å². The van der Waals surface area contributed by atoms with Gasteiger partial charge in [0, 0.05) is 18.5 Å². The lowest BCUT2D eigenvalue weighted by Gasteiger charge is -2.31. The zero-order chi connectivity index (χ0) is 12.3. The highest BCUT2D eigenvalue weighted by Gasteiger charge is 2.26. The highest BCUT2D eigenvalue weighted by Crippen LogP contribution is 2.27. The number of halogens is 2. The minimum atomic E-state index is -0.407. The van der Waals surface area contributed by atoms with Gasteiger partial charge in [-0.15, -0.1) is 0 Å². The Labute approximate surface area is 100 Å². The summed E-state index contributed by atoms with van der Waals surface area (Å²) in [5.41, 5.74) is 6.12. The predicted molar refractivity (Wildman–Crippen MR) is 63.8 cm³/mol. The first kappa shape index (κ1) is 12.5. The summed E-state index contributed by atoms with van der Waals surface area (Å²) in [6.07, 6.45) is 3.22. The van der Waals surface area contributed by atoms with Crippen LogP contribution >= 0.6 is 0 Å². The molecule has 4 heteroatoms. The van der Waals surface area contributed by atoms with Crippen molar-refractivity contribution in [2.24, 2.45) is 5.73 Å². The number of rotatable bonds is 3. The zero-order valence-electron chi connectivity index (χ0n) is 9.76. The molecule has 1 aromatic rings. The largest absolute Gasteiger partial charge is 0.330 e. The molecule has 2 nitrogen and oxygen atoms in total. The fraction of sp³-hybridized carbons (Fsp3) is 0.538. The second kappa shape index (κ2) is 5.56. The molecule has 1 aromatic carbocycles. The Morgan fingerprint density at radius 3 is 2.82 bits per heavy atom. The summed E-state index contributed by atoms with van der Waals surface area (Å²) < 4.78 is 26.9. The van der Waals surface area contributed by atoms with E-state index in [0.717, 1.165) is 31.9 Å². The van der Waals surface area contributed by atoms with E-state index < -0.39 is 5.82 Å². The van der Waals surface area contributed by atoms with E-state index in [1.54, 1.807) is 0 Å². The van der Waals surface area contributed by atoms with E-state index in [1.807, 2.05) is 0 Å². The first-order valence-electron chi connectivity index (χ1n) is 6.10. The van der Waals surface area contributed by atoms with Crippen molar-refractivity contribution in [2.75, 3.05) is 13.1 Å². The van der Waals surface area contributed by atoms with Crippen LogP contribution in [0.4, 0.5) is 8.78 Å². The fourth-order valence-corrected chi connectivity index (χ4v) is 2.53. The van der Waals surface area contributed by atoms with Gasteiger partial charge in [0.25, 0.3) is 0 Å². The summed E-state index contributed by atoms with van der Waals surface area (Å²) in [6, 6.07) is 3.74. The molecule has 0 saturated carbocycles. The molecule has 0 aromatic heterocycles. The van der Waals surface area contributed by atoms with Crippen molar-refractivity contribution in [3.63, 3.8) is 0 Å². The molecule has 0 aliphatic carbocycles. The molecule has 2 rings (SSSR count). The van der Waals surface area contributed by atoms with E-state index in [4.69, 9.17) is 5.73 Å². The highest BCUT2D eigenvalue weighted by atomic mass is 19.1. The Balaban J connectivity index is 2.24. The Morgan fingerprint density at radius 1 is 1.35 bits per heavy atom. The molecule has 1 fully saturated rings. The van der Waals surface area contributed by atoms with Crippen LogP contribution in [0.3, 0.4) is 0 Å². The minimum absolute atomic E-state index is 0.147. The van der Waals surface area contributed by atoms with Crippen LogP contribution in [-0.2, 0) is 0 Å². The van der Waals surface area contributed by atoms with Crippen molar-refractivity contribution >= 4 is 0 Å². The molecule has 1 saturated heterocycles. The molecule has 0 amide bonds. The van der Waals surface area contributed by atoms with E-state index in [9.17, 15) is 8.78 Å². The normalized spacial score (nSPS) is 22.4. The second-order valence-electron chi connectivity index (χ2n) is 4.56. The van der Waals surface area contributed by atoms with Crippen LogP contribution in [0, 0.1) is 11.6 Å². The molecule has 94 valence electrons. The monoisotopic (exact) mass is 240 g/mol. The van der Waals surface area contributed by atoms with Crippen LogP contribution in [0.25, 0.3) is 0 Å². The Kier molecular flexibility index (Phi) is 4.07. The summed E-state index contributed by atoms with van der Waals surface area (Å²) >= 11 is 0. The van der Waals surface area contributed by atoms with E-state index in [1.165, 1.54) is 12.1 Å². The molecule has 0 radical (unpaired) electrons. The maximum atomic E-state index is 13.7. The molecule has 1 aliphatic rings. The molecular formula is C13H18F2N2. The van der Waals surface area contributed by atoms with Crippen molar-refractivity contribution in [1.29, 1.82) is 0 Å². The quantitative estimate of drug-likeness (QED) is 0.849. The molecule has 2 unspecified atom stereocenters. The van der Waals surface area contributed by atoms with Gasteiger partial charge in [-0.05, 0) is 43.1 Å². The van der Waals surface area contributed by atoms with Gasteiger partial charge in [0.1, 0.15) is 11.6 Å². The third kappa shape index (κ3) is 2.82. The van der Waals surface area contributed by atoms with Gasteiger partial charge in [0.2, 0.25) is 0 Å². The second-order valence-corrected chi connectivity index (χ2v) is 4.56. The van der Waals surface area contributed by atoms with Crippen LogP contribution in [0.5, 0.6) is 0 Å². The van der Waals surface area contributed by atoms with Crippen molar-refractivity contribution in [3.8, 4) is 0 Å². The van der Waals surface area contributed by atoms with Crippen molar-refractivity contribution in [3.05, 3.63) is 35.4 Å². The number of nitrogens with one attached hydrogen (secondary N) is 1. The van der Waals surface area contributed by atoms with Crippen molar-refractivity contribution in [1.82, 2.24) is 5.32 Å². The van der Waals surface area contributed by atoms with Gasteiger partial charge < -0.3 is 11.1 Å². The Hall–Kier alpha value is -1.00. The highest BCUT2D eigenvalue weighted by molar-refractivity contribution is 5.25. The number of nitrogens with two attached hydrogens (primary N) is 1. The topological polar surface area (TPSA) is 38.0 Å². The Bertz CT molecular complexity index is 376. The number of piperidine rings is 1. The average Bonchev–Trinajstić information content (AvgIpc) is 2.36. The van der Waals surface area contributed by atoms with Crippen LogP contribution < -0.4 is 11.1 Å². The summed E-state index contributed by atoms with van der Waals surface area (Å²) in [5.74, 6) is -0.920. The standard InChI is InChI=1S/C13H18F2N2/c14-9-4-5-12(15)10(7-9)11(8-16)13-3-1-2-6-17-13/h4-5,7,11,13,17H,1-3,6,8,16H2. The third-order valence-corrected chi connectivity index (χ3v) is 3.45. The number of hydrogen-bond donors (Lipinski definition) is 2. The third-order valence-electron chi connectivity index (χ3n) is 3.45. The van der Waals surface area contributed by atoms with E-state index >= 15 is 0 Å². The molecular weight excluding hydrogens is 222 g/mol. The Morgan fingerprint density at radius 2 is 2.18 bits per heavy atom. The minimum Gasteiger partial charge on any atom is -0.330 e. The van der Waals surface area contributed by atoms with E-state index in [0.29, 0.717) is 12.1 Å². The van der Waals surface area contributed by atoms with Crippen molar-refractivity contribution in [2.45, 2.75) is 31.2 Å². The van der Waals surface area contributed by atoms with Crippen LogP contribution in [0.2, 0.25) is 0 Å². The van der Waals surface area contributed by atoms with E-state index in [-0.39, 0.29) is 17.8 Å². The fourth-order valence-electron chi connectivity index (χ4n) is 2.53. The summed E-state index contributed by atoms with van der Waals surface area (Å²) in [5, 5.41) is 3.35. The molecule has 1 heterocycles. The lowest BCUT2D eigenvalue weighted by Crippen LogP contribution is -2.41. The molecule has 3 N–H and O–H groups in total. The van der Waals surface area contributed by atoms with Gasteiger partial charge in [0.15, 0.2) is 0 Å². The molecule has 2 atom stereocenters. The maximum absolute atomic E-state index is 13.7. The lowest BCUT2D eigenvalue weighted by atomic mass is 9.86. The predicted octanol–water partition coefficient (Wildman–Crippen LogP) is 2.15. The average molecular weight is 240 g/mol. The molecule has 1 aliphatic heterocycles. The number of hydrogen-bond acceptors (Lipinski definition) is 2. The van der Waals surface area contributed by atoms with Gasteiger partial charge in [-0.1, -0.05) is 6.42 Å². The summed E-state index contributed by atoms with van der Waals surface area (Å²) in [7, 11) is 0. The van der Waals surface area contributed by atoms with E-state index in [2.05, 4.69) is 5.32 Å². The zero-order valence-corrected chi connectivity index (χ0v) is 9.76. The molecule has 17 heavy (non-hydrogen) atoms. The molecule has 0 bridgehead atoms. The maximum Gasteiger partial charge on any atom is 0.126 e. The van der Waals surface area contributed by atoms with Gasteiger partial charge in [-0.3, -0.25) is 0 Å². The van der Waals surface area contributed by atoms with Gasteiger partial charge >= 0.3 is 0 Å². The van der Waals surface area contributed by atoms with Crippen LogP contribution in [-0.4, -0.2) is 19.1 Å². The SMILES string of the molecule is NCC(c1cc(F)ccc1F)C1CCCCN1. The number of benzene rings is 1. The summed E-state index contributed by atoms with van der Waals surface area (Å²) in [6.45, 7) is 1.26. The van der Waals surface area contributed by atoms with Crippen LogP contribution in [0.1, 0.15) is 30.7 Å². The van der Waals surface area contributed by atoms with Crippen molar-refractivity contribution < 1.29 is 8.78 Å². The summed E-state index contributed by atoms with van der Waals surface area (Å²) in [4.78, 5) is 0. The smallest absolute Gasteiger partial charge is 0.126 e. The first-order chi connectivity index (χ1) is 8.22. The van der Waals surface area contributed by atoms with Gasteiger partial charge in [-0.2, -0.15) is 0 Å². The van der Waals surface area contributed by atoms with Crippen LogP contribution in [0.15, 0.2) is 18.2 Å².